The fourth-order valence-corrected chi connectivity index (χ4v) is 3.50. The maximum absolute atomic E-state index is 13.2. The van der Waals surface area contributed by atoms with Crippen LogP contribution in [0.3, 0.4) is 0 Å². The van der Waals surface area contributed by atoms with Crippen LogP contribution in [0.5, 0.6) is 0 Å². The maximum Gasteiger partial charge on any atom is 0.332 e. The summed E-state index contributed by atoms with van der Waals surface area (Å²) in [5.74, 6) is 0.740. The number of aromatic nitrogens is 4. The van der Waals surface area contributed by atoms with E-state index in [0.717, 1.165) is 10.0 Å². The summed E-state index contributed by atoms with van der Waals surface area (Å²) < 4.78 is 9.16. The van der Waals surface area contributed by atoms with Crippen LogP contribution in [-0.4, -0.2) is 19.3 Å². The molecule has 0 unspecified atom stereocenters. The van der Waals surface area contributed by atoms with Crippen molar-refractivity contribution >= 4 is 26.8 Å². The van der Waals surface area contributed by atoms with Crippen molar-refractivity contribution in [2.24, 2.45) is 0 Å². The monoisotopic (exact) mass is 454 g/mol. The van der Waals surface area contributed by atoms with Gasteiger partial charge in [-0.3, -0.25) is 13.9 Å². The van der Waals surface area contributed by atoms with Gasteiger partial charge >= 0.3 is 5.69 Å². The minimum atomic E-state index is -0.383. The Hall–Kier alpha value is -3.00. The number of nitrogens with zero attached hydrogens (tertiary/aromatic N) is 4. The van der Waals surface area contributed by atoms with Crippen molar-refractivity contribution in [3.63, 3.8) is 0 Å². The summed E-state index contributed by atoms with van der Waals surface area (Å²) in [7, 11) is 0. The van der Waals surface area contributed by atoms with Crippen LogP contribution in [0.2, 0.25) is 0 Å². The van der Waals surface area contributed by atoms with Gasteiger partial charge in [-0.1, -0.05) is 40.1 Å². The van der Waals surface area contributed by atoms with E-state index in [4.69, 9.17) is 4.52 Å². The van der Waals surface area contributed by atoms with Gasteiger partial charge in [0.15, 0.2) is 0 Å². The zero-order valence-corrected chi connectivity index (χ0v) is 17.6. The SMILES string of the molecule is CC[C@@H](C)n1c(=O)c2ccccc2n(Cc2nc(-c3ccc(Br)cc3)no2)c1=O. The van der Waals surface area contributed by atoms with E-state index < -0.39 is 0 Å². The fraction of sp³-hybridized carbons (Fsp3) is 0.238. The highest BCUT2D eigenvalue weighted by Gasteiger charge is 2.18. The van der Waals surface area contributed by atoms with Crippen molar-refractivity contribution in [1.29, 1.82) is 0 Å². The molecule has 8 heteroatoms. The maximum atomic E-state index is 13.2. The number of hydrogen-bond acceptors (Lipinski definition) is 5. The predicted molar refractivity (Wildman–Crippen MR) is 114 cm³/mol. The first-order chi connectivity index (χ1) is 14.0. The summed E-state index contributed by atoms with van der Waals surface area (Å²) in [5.41, 5.74) is 0.694. The molecule has 29 heavy (non-hydrogen) atoms. The quantitative estimate of drug-likeness (QED) is 0.455. The molecule has 2 heterocycles. The molecule has 0 bridgehead atoms. The van der Waals surface area contributed by atoms with Crippen LogP contribution < -0.4 is 11.2 Å². The second kappa shape index (κ2) is 7.79. The zero-order valence-electron chi connectivity index (χ0n) is 16.0. The lowest BCUT2D eigenvalue weighted by atomic mass is 10.2. The molecule has 0 spiro atoms. The van der Waals surface area contributed by atoms with E-state index in [1.54, 1.807) is 24.3 Å². The molecule has 1 atom stereocenters. The number of rotatable bonds is 5. The first kappa shape index (κ1) is 19.3. The van der Waals surface area contributed by atoms with E-state index in [-0.39, 0.29) is 23.8 Å². The van der Waals surface area contributed by atoms with Gasteiger partial charge in [0.25, 0.3) is 5.56 Å². The van der Waals surface area contributed by atoms with Crippen molar-refractivity contribution in [1.82, 2.24) is 19.3 Å². The Kier molecular flexibility index (Phi) is 5.19. The van der Waals surface area contributed by atoms with Gasteiger partial charge in [0, 0.05) is 16.1 Å². The Morgan fingerprint density at radius 3 is 2.55 bits per heavy atom. The molecule has 0 amide bonds. The van der Waals surface area contributed by atoms with Gasteiger partial charge in [0.1, 0.15) is 6.54 Å². The molecule has 0 radical (unpaired) electrons. The van der Waals surface area contributed by atoms with Gasteiger partial charge in [-0.15, -0.1) is 0 Å². The molecule has 7 nitrogen and oxygen atoms in total. The third-order valence-electron chi connectivity index (χ3n) is 4.98. The zero-order chi connectivity index (χ0) is 20.5. The normalized spacial score (nSPS) is 12.4. The van der Waals surface area contributed by atoms with Crippen molar-refractivity contribution in [2.45, 2.75) is 32.9 Å². The van der Waals surface area contributed by atoms with Crippen LogP contribution >= 0.6 is 15.9 Å². The Morgan fingerprint density at radius 2 is 1.83 bits per heavy atom. The second-order valence-corrected chi connectivity index (χ2v) is 7.75. The highest BCUT2D eigenvalue weighted by molar-refractivity contribution is 9.10. The van der Waals surface area contributed by atoms with Gasteiger partial charge in [0.05, 0.1) is 10.9 Å². The van der Waals surface area contributed by atoms with Crippen molar-refractivity contribution in [3.05, 3.63) is 79.7 Å². The summed E-state index contributed by atoms with van der Waals surface area (Å²) in [6.45, 7) is 3.89. The molecular formula is C21H19BrN4O3. The van der Waals surface area contributed by atoms with E-state index >= 15 is 0 Å². The van der Waals surface area contributed by atoms with Crippen LogP contribution in [0.1, 0.15) is 32.2 Å². The Labute approximate surface area is 174 Å². The molecular weight excluding hydrogens is 436 g/mol. The Bertz CT molecular complexity index is 1290. The van der Waals surface area contributed by atoms with E-state index in [2.05, 4.69) is 26.1 Å². The highest BCUT2D eigenvalue weighted by Crippen LogP contribution is 2.19. The molecule has 4 rings (SSSR count). The predicted octanol–water partition coefficient (Wildman–Crippen LogP) is 4.00. The minimum Gasteiger partial charge on any atom is -0.337 e. The summed E-state index contributed by atoms with van der Waals surface area (Å²) in [6.07, 6.45) is 0.668. The van der Waals surface area contributed by atoms with Gasteiger partial charge in [-0.05, 0) is 49.7 Å². The van der Waals surface area contributed by atoms with Gasteiger partial charge in [-0.2, -0.15) is 4.98 Å². The third-order valence-corrected chi connectivity index (χ3v) is 5.51. The van der Waals surface area contributed by atoms with Crippen LogP contribution in [0.4, 0.5) is 0 Å². The molecule has 0 saturated carbocycles. The van der Waals surface area contributed by atoms with Gasteiger partial charge in [-0.25, -0.2) is 4.79 Å². The molecule has 4 aromatic rings. The van der Waals surface area contributed by atoms with E-state index in [9.17, 15) is 9.59 Å². The fourth-order valence-electron chi connectivity index (χ4n) is 3.23. The highest BCUT2D eigenvalue weighted by atomic mass is 79.9. The minimum absolute atomic E-state index is 0.0829. The van der Waals surface area contributed by atoms with Gasteiger partial charge in [0.2, 0.25) is 11.7 Å². The number of benzene rings is 2. The topological polar surface area (TPSA) is 82.9 Å². The number of halogens is 1. The molecule has 0 aliphatic rings. The standard InChI is InChI=1S/C21H19BrN4O3/c1-3-13(2)26-20(27)16-6-4-5-7-17(16)25(21(26)28)12-18-23-19(24-29-18)14-8-10-15(22)11-9-14/h4-11,13H,3,12H2,1-2H3/t13-/m1/s1. The van der Waals surface area contributed by atoms with Gasteiger partial charge < -0.3 is 4.52 Å². The lowest BCUT2D eigenvalue weighted by Crippen LogP contribution is -2.41. The molecule has 2 aromatic heterocycles. The van der Waals surface area contributed by atoms with E-state index in [0.29, 0.717) is 29.0 Å². The summed E-state index contributed by atoms with van der Waals surface area (Å²) in [4.78, 5) is 30.4. The number of para-hydroxylation sites is 1. The van der Waals surface area contributed by atoms with Crippen LogP contribution in [0.25, 0.3) is 22.3 Å². The lowest BCUT2D eigenvalue weighted by Gasteiger charge is -2.16. The summed E-state index contributed by atoms with van der Waals surface area (Å²) in [5, 5.41) is 4.51. The summed E-state index contributed by atoms with van der Waals surface area (Å²) in [6, 6.07) is 14.4. The molecule has 2 aromatic carbocycles. The van der Waals surface area contributed by atoms with Crippen LogP contribution in [0, 0.1) is 0 Å². The number of fused-ring (bicyclic) bond motifs is 1. The Balaban J connectivity index is 1.82. The van der Waals surface area contributed by atoms with E-state index in [1.807, 2.05) is 38.1 Å². The molecule has 0 N–H and O–H groups in total. The first-order valence-electron chi connectivity index (χ1n) is 9.32. The average molecular weight is 455 g/mol. The van der Waals surface area contributed by atoms with Crippen LogP contribution in [0.15, 0.2) is 67.1 Å². The van der Waals surface area contributed by atoms with E-state index in [1.165, 1.54) is 9.13 Å². The Morgan fingerprint density at radius 1 is 1.10 bits per heavy atom. The molecule has 0 fully saturated rings. The summed E-state index contributed by atoms with van der Waals surface area (Å²) >= 11 is 3.40. The molecule has 0 aliphatic carbocycles. The second-order valence-electron chi connectivity index (χ2n) is 6.84. The molecule has 0 aliphatic heterocycles. The molecule has 0 saturated heterocycles. The lowest BCUT2D eigenvalue weighted by molar-refractivity contribution is 0.367. The van der Waals surface area contributed by atoms with Crippen molar-refractivity contribution in [3.8, 4) is 11.4 Å². The van der Waals surface area contributed by atoms with Crippen molar-refractivity contribution < 1.29 is 4.52 Å². The largest absolute Gasteiger partial charge is 0.337 e. The smallest absolute Gasteiger partial charge is 0.332 e. The first-order valence-corrected chi connectivity index (χ1v) is 10.1. The number of hydrogen-bond donors (Lipinski definition) is 0. The third kappa shape index (κ3) is 3.55. The molecule has 148 valence electrons. The van der Waals surface area contributed by atoms with Crippen LogP contribution in [-0.2, 0) is 6.54 Å². The average Bonchev–Trinajstić information content (AvgIpc) is 3.20. The van der Waals surface area contributed by atoms with Crippen molar-refractivity contribution in [2.75, 3.05) is 0 Å².